The summed E-state index contributed by atoms with van der Waals surface area (Å²) in [6.07, 6.45) is 1.41. The Morgan fingerprint density at radius 3 is 2.93 bits per heavy atom. The van der Waals surface area contributed by atoms with Crippen molar-refractivity contribution in [1.29, 1.82) is 0 Å². The molecule has 2 aromatic rings. The lowest BCUT2D eigenvalue weighted by molar-refractivity contribution is 0.0998. The SMILES string of the molecule is NCC(=O)c1c(F)ccc2ccoc12. The highest BCUT2D eigenvalue weighted by Crippen LogP contribution is 2.22. The zero-order chi connectivity index (χ0) is 10.1. The Kier molecular flexibility index (Phi) is 2.05. The zero-order valence-electron chi connectivity index (χ0n) is 7.29. The summed E-state index contributed by atoms with van der Waals surface area (Å²) in [5.41, 5.74) is 5.38. The van der Waals surface area contributed by atoms with Gasteiger partial charge in [0, 0.05) is 5.39 Å². The minimum absolute atomic E-state index is 0.0602. The predicted octanol–water partition coefficient (Wildman–Crippen LogP) is 1.71. The summed E-state index contributed by atoms with van der Waals surface area (Å²) in [5.74, 6) is -1.05. The van der Waals surface area contributed by atoms with Crippen molar-refractivity contribution in [2.75, 3.05) is 6.54 Å². The summed E-state index contributed by atoms with van der Waals surface area (Å²) in [6.45, 7) is -0.225. The molecule has 0 saturated carbocycles. The Balaban J connectivity index is 2.76. The topological polar surface area (TPSA) is 56.2 Å². The van der Waals surface area contributed by atoms with E-state index in [0.717, 1.165) is 0 Å². The molecule has 1 heterocycles. The first-order chi connectivity index (χ1) is 6.74. The molecular weight excluding hydrogens is 185 g/mol. The molecule has 0 aliphatic heterocycles. The smallest absolute Gasteiger partial charge is 0.183 e. The van der Waals surface area contributed by atoms with Crippen LogP contribution in [-0.4, -0.2) is 12.3 Å². The molecule has 0 saturated heterocycles. The Morgan fingerprint density at radius 2 is 2.21 bits per heavy atom. The lowest BCUT2D eigenvalue weighted by Gasteiger charge is -2.00. The van der Waals surface area contributed by atoms with Crippen molar-refractivity contribution in [3.05, 3.63) is 35.8 Å². The molecular formula is C10H8FNO2. The maximum atomic E-state index is 13.3. The molecule has 2 rings (SSSR count). The maximum Gasteiger partial charge on any atom is 0.183 e. The van der Waals surface area contributed by atoms with Crippen LogP contribution in [0.4, 0.5) is 4.39 Å². The molecule has 0 aliphatic rings. The quantitative estimate of drug-likeness (QED) is 0.738. The van der Waals surface area contributed by atoms with E-state index in [9.17, 15) is 9.18 Å². The minimum Gasteiger partial charge on any atom is -0.463 e. The largest absolute Gasteiger partial charge is 0.463 e. The van der Waals surface area contributed by atoms with Gasteiger partial charge in [-0.1, -0.05) is 0 Å². The lowest BCUT2D eigenvalue weighted by atomic mass is 10.1. The number of benzene rings is 1. The number of furan rings is 1. The third kappa shape index (κ3) is 1.20. The third-order valence-corrected chi connectivity index (χ3v) is 2.04. The first-order valence-electron chi connectivity index (χ1n) is 4.13. The van der Waals surface area contributed by atoms with Crippen LogP contribution in [0, 0.1) is 5.82 Å². The van der Waals surface area contributed by atoms with Gasteiger partial charge in [-0.15, -0.1) is 0 Å². The second kappa shape index (κ2) is 3.23. The van der Waals surface area contributed by atoms with Crippen LogP contribution in [0.3, 0.4) is 0 Å². The molecule has 0 radical (unpaired) electrons. The highest BCUT2D eigenvalue weighted by atomic mass is 19.1. The molecule has 2 N–H and O–H groups in total. The second-order valence-corrected chi connectivity index (χ2v) is 2.89. The van der Waals surface area contributed by atoms with Crippen LogP contribution in [0.1, 0.15) is 10.4 Å². The molecule has 0 atom stereocenters. The molecule has 0 spiro atoms. The molecule has 3 nitrogen and oxygen atoms in total. The number of nitrogens with two attached hydrogens (primary N) is 1. The average molecular weight is 193 g/mol. The number of halogens is 1. The normalized spacial score (nSPS) is 10.7. The molecule has 0 fully saturated rings. The Morgan fingerprint density at radius 1 is 1.43 bits per heavy atom. The Labute approximate surface area is 79.3 Å². The maximum absolute atomic E-state index is 13.3. The number of fused-ring (bicyclic) bond motifs is 1. The molecule has 0 unspecified atom stereocenters. The van der Waals surface area contributed by atoms with Crippen molar-refractivity contribution in [2.45, 2.75) is 0 Å². The zero-order valence-corrected chi connectivity index (χ0v) is 7.29. The van der Waals surface area contributed by atoms with E-state index >= 15 is 0 Å². The van der Waals surface area contributed by atoms with Gasteiger partial charge in [0.2, 0.25) is 0 Å². The van der Waals surface area contributed by atoms with Gasteiger partial charge in [0.1, 0.15) is 11.4 Å². The number of ketones is 1. The van der Waals surface area contributed by atoms with Crippen molar-refractivity contribution in [3.63, 3.8) is 0 Å². The molecule has 1 aromatic carbocycles. The monoisotopic (exact) mass is 193 g/mol. The number of carbonyl (C=O) groups excluding carboxylic acids is 1. The number of carbonyl (C=O) groups is 1. The third-order valence-electron chi connectivity index (χ3n) is 2.04. The highest BCUT2D eigenvalue weighted by molar-refractivity contribution is 6.07. The van der Waals surface area contributed by atoms with Crippen molar-refractivity contribution < 1.29 is 13.6 Å². The van der Waals surface area contributed by atoms with Gasteiger partial charge in [-0.3, -0.25) is 4.79 Å². The van der Waals surface area contributed by atoms with Gasteiger partial charge in [0.25, 0.3) is 0 Å². The van der Waals surface area contributed by atoms with Crippen molar-refractivity contribution >= 4 is 16.8 Å². The summed E-state index contributed by atoms with van der Waals surface area (Å²) >= 11 is 0. The number of hydrogen-bond donors (Lipinski definition) is 1. The van der Waals surface area contributed by atoms with Crippen LogP contribution in [-0.2, 0) is 0 Å². The molecule has 1 aromatic heterocycles. The van der Waals surface area contributed by atoms with Crippen LogP contribution in [0.25, 0.3) is 11.0 Å². The molecule has 0 amide bonds. The van der Waals surface area contributed by atoms with E-state index in [1.807, 2.05) is 0 Å². The van der Waals surface area contributed by atoms with E-state index in [-0.39, 0.29) is 17.7 Å². The van der Waals surface area contributed by atoms with Gasteiger partial charge in [0.05, 0.1) is 18.4 Å². The first kappa shape index (κ1) is 8.90. The van der Waals surface area contributed by atoms with Gasteiger partial charge in [-0.2, -0.15) is 0 Å². The average Bonchev–Trinajstić information content (AvgIpc) is 2.64. The van der Waals surface area contributed by atoms with E-state index in [2.05, 4.69) is 0 Å². The first-order valence-corrected chi connectivity index (χ1v) is 4.13. The number of rotatable bonds is 2. The van der Waals surface area contributed by atoms with Crippen LogP contribution in [0.2, 0.25) is 0 Å². The van der Waals surface area contributed by atoms with Crippen LogP contribution < -0.4 is 5.73 Å². The summed E-state index contributed by atoms with van der Waals surface area (Å²) in [7, 11) is 0. The Bertz CT molecular complexity index is 490. The van der Waals surface area contributed by atoms with E-state index in [1.165, 1.54) is 12.3 Å². The van der Waals surface area contributed by atoms with Crippen molar-refractivity contribution in [3.8, 4) is 0 Å². The van der Waals surface area contributed by atoms with Gasteiger partial charge in [0.15, 0.2) is 5.78 Å². The van der Waals surface area contributed by atoms with E-state index in [1.54, 1.807) is 12.1 Å². The number of hydrogen-bond acceptors (Lipinski definition) is 3. The Hall–Kier alpha value is -1.68. The summed E-state index contributed by atoms with van der Waals surface area (Å²) < 4.78 is 18.3. The van der Waals surface area contributed by atoms with Gasteiger partial charge in [-0.05, 0) is 18.2 Å². The van der Waals surface area contributed by atoms with Gasteiger partial charge >= 0.3 is 0 Å². The minimum atomic E-state index is -0.595. The molecule has 0 aliphatic carbocycles. The molecule has 4 heteroatoms. The standard InChI is InChI=1S/C10H8FNO2/c11-7-2-1-6-3-4-14-10(6)9(7)8(13)5-12/h1-4H,5,12H2. The van der Waals surface area contributed by atoms with E-state index < -0.39 is 11.6 Å². The van der Waals surface area contributed by atoms with Crippen molar-refractivity contribution in [2.24, 2.45) is 5.73 Å². The van der Waals surface area contributed by atoms with Gasteiger partial charge in [-0.25, -0.2) is 4.39 Å². The highest BCUT2D eigenvalue weighted by Gasteiger charge is 2.16. The fraction of sp³-hybridized carbons (Fsp3) is 0.100. The second-order valence-electron chi connectivity index (χ2n) is 2.89. The summed E-state index contributed by atoms with van der Waals surface area (Å²) in [5, 5.41) is 0.697. The van der Waals surface area contributed by atoms with Gasteiger partial charge < -0.3 is 10.2 Å². The van der Waals surface area contributed by atoms with Crippen LogP contribution in [0.5, 0.6) is 0 Å². The predicted molar refractivity (Wildman–Crippen MR) is 49.6 cm³/mol. The van der Waals surface area contributed by atoms with E-state index in [4.69, 9.17) is 10.2 Å². The fourth-order valence-electron chi connectivity index (χ4n) is 1.37. The number of Topliss-reactive ketones (excluding diaryl/α,β-unsaturated/α-hetero) is 1. The molecule has 0 bridgehead atoms. The van der Waals surface area contributed by atoms with Crippen molar-refractivity contribution in [1.82, 2.24) is 0 Å². The summed E-state index contributed by atoms with van der Waals surface area (Å²) in [6, 6.07) is 4.46. The molecule has 14 heavy (non-hydrogen) atoms. The summed E-state index contributed by atoms with van der Waals surface area (Å²) in [4.78, 5) is 11.3. The van der Waals surface area contributed by atoms with Crippen LogP contribution >= 0.6 is 0 Å². The fourth-order valence-corrected chi connectivity index (χ4v) is 1.37. The lowest BCUT2D eigenvalue weighted by Crippen LogP contribution is -2.15. The molecule has 72 valence electrons. The van der Waals surface area contributed by atoms with Crippen LogP contribution in [0.15, 0.2) is 28.9 Å². The van der Waals surface area contributed by atoms with E-state index in [0.29, 0.717) is 5.39 Å².